The van der Waals surface area contributed by atoms with Crippen LogP contribution in [-0.4, -0.2) is 32.5 Å². The quantitative estimate of drug-likeness (QED) is 0.619. The smallest absolute Gasteiger partial charge is 0.190 e. The van der Waals surface area contributed by atoms with Crippen molar-refractivity contribution in [3.8, 4) is 17.0 Å². The Balaban J connectivity index is 2.64. The Bertz CT molecular complexity index is 568. The van der Waals surface area contributed by atoms with Crippen molar-refractivity contribution >= 4 is 26.8 Å². The molecule has 0 atom stereocenters. The zero-order valence-electron chi connectivity index (χ0n) is 10.5. The van der Waals surface area contributed by atoms with Crippen molar-refractivity contribution in [3.63, 3.8) is 0 Å². The third-order valence-electron chi connectivity index (χ3n) is 2.60. The van der Waals surface area contributed by atoms with E-state index in [9.17, 15) is 10.2 Å². The van der Waals surface area contributed by atoms with E-state index in [1.165, 1.54) is 16.5 Å². The summed E-state index contributed by atoms with van der Waals surface area (Å²) in [5.41, 5.74) is 1.42. The number of aryl methyl sites for hydroxylation is 1. The molecule has 0 aliphatic rings. The molecule has 2 N–H and O–H groups in total. The number of benzene rings is 1. The number of aliphatic hydroxyl groups is 2. The fourth-order valence-electron chi connectivity index (χ4n) is 1.82. The third kappa shape index (κ3) is 2.46. The summed E-state index contributed by atoms with van der Waals surface area (Å²) in [6, 6.07) is 5.88. The maximum atomic E-state index is 9.41. The molecule has 1 aromatic carbocycles. The number of methoxy groups -OCH3 is 1. The van der Waals surface area contributed by atoms with Gasteiger partial charge in [0.25, 0.3) is 0 Å². The molecule has 0 saturated carbocycles. The van der Waals surface area contributed by atoms with E-state index in [1.54, 1.807) is 7.11 Å². The Kier molecular flexibility index (Phi) is 3.81. The van der Waals surface area contributed by atoms with Gasteiger partial charge in [0.1, 0.15) is 5.75 Å². The van der Waals surface area contributed by atoms with E-state index in [2.05, 4.69) is 4.98 Å². The fourth-order valence-corrected chi connectivity index (χ4v) is 3.09. The van der Waals surface area contributed by atoms with E-state index in [1.807, 2.05) is 25.1 Å². The molecule has 96 valence electrons. The predicted octanol–water partition coefficient (Wildman–Crippen LogP) is 0.101. The number of rotatable bonds is 3. The molecule has 2 rings (SSSR count). The van der Waals surface area contributed by atoms with Crippen molar-refractivity contribution in [2.75, 3.05) is 7.11 Å². The molecule has 6 heteroatoms. The van der Waals surface area contributed by atoms with E-state index in [4.69, 9.17) is 4.74 Å². The average Bonchev–Trinajstić information content (AvgIpc) is 2.71. The Morgan fingerprint density at radius 2 is 2.11 bits per heavy atom. The normalized spacial score (nSPS) is 11.2. The highest BCUT2D eigenvalue weighted by atomic mass is 32.1. The van der Waals surface area contributed by atoms with Gasteiger partial charge in [0.15, 0.2) is 6.29 Å². The van der Waals surface area contributed by atoms with Crippen LogP contribution in [0.2, 0.25) is 0 Å². The molecule has 2 aromatic rings. The van der Waals surface area contributed by atoms with E-state index in [-0.39, 0.29) is 0 Å². The van der Waals surface area contributed by atoms with E-state index < -0.39 is 6.29 Å². The number of hydrogen-bond acceptors (Lipinski definition) is 5. The van der Waals surface area contributed by atoms with E-state index >= 15 is 0 Å². The molecule has 0 amide bonds. The number of thiazole rings is 1. The average molecular weight is 281 g/mol. The Hall–Kier alpha value is -1.21. The highest BCUT2D eigenvalue weighted by molar-refractivity contribution is 7.12. The van der Waals surface area contributed by atoms with E-state index in [0.29, 0.717) is 16.3 Å². The first kappa shape index (κ1) is 13.2. The van der Waals surface area contributed by atoms with Gasteiger partial charge in [-0.1, -0.05) is 17.3 Å². The number of hydrogen-bond donors (Lipinski definition) is 2. The summed E-state index contributed by atoms with van der Waals surface area (Å²) < 4.78 is 5.32. The lowest BCUT2D eigenvalue weighted by Crippen LogP contribution is -2.04. The van der Waals surface area contributed by atoms with Gasteiger partial charge in [-0.3, -0.25) is 0 Å². The maximum Gasteiger partial charge on any atom is 0.190 e. The summed E-state index contributed by atoms with van der Waals surface area (Å²) in [7, 11) is 2.52. The van der Waals surface area contributed by atoms with Gasteiger partial charge in [-0.25, -0.2) is 4.98 Å². The second kappa shape index (κ2) is 5.19. The Morgan fingerprint density at radius 3 is 2.72 bits per heavy atom. The highest BCUT2D eigenvalue weighted by Gasteiger charge is 2.19. The topological polar surface area (TPSA) is 62.6 Å². The molecular formula is C12H15NO3SSi. The predicted molar refractivity (Wildman–Crippen MR) is 75.6 cm³/mol. The largest absolute Gasteiger partial charge is 0.496 e. The van der Waals surface area contributed by atoms with Gasteiger partial charge in [0.2, 0.25) is 0 Å². The summed E-state index contributed by atoms with van der Waals surface area (Å²) in [4.78, 5) is 4.84. The number of aliphatic hydroxyl groups excluding tert-OH is 1. The molecule has 0 radical (unpaired) electrons. The zero-order chi connectivity index (χ0) is 13.3. The molecule has 0 saturated heterocycles. The molecule has 0 fully saturated rings. The molecule has 18 heavy (non-hydrogen) atoms. The first-order chi connectivity index (χ1) is 8.52. The van der Waals surface area contributed by atoms with Gasteiger partial charge < -0.3 is 14.9 Å². The number of aromatic nitrogens is 1. The first-order valence-electron chi connectivity index (χ1n) is 5.51. The van der Waals surface area contributed by atoms with Gasteiger partial charge in [0, 0.05) is 15.8 Å². The van der Waals surface area contributed by atoms with Crippen molar-refractivity contribution in [1.29, 1.82) is 0 Å². The molecule has 4 nitrogen and oxygen atoms in total. The van der Waals surface area contributed by atoms with E-state index in [0.717, 1.165) is 20.8 Å². The minimum atomic E-state index is -1.51. The van der Waals surface area contributed by atoms with Crippen molar-refractivity contribution in [2.24, 2.45) is 0 Å². The summed E-state index contributed by atoms with van der Waals surface area (Å²) in [6.45, 7) is 1.84. The third-order valence-corrected chi connectivity index (χ3v) is 4.24. The van der Waals surface area contributed by atoms with Crippen LogP contribution in [0.1, 0.15) is 16.2 Å². The maximum absolute atomic E-state index is 9.41. The SMILES string of the molecule is COc1ccc([SiH3])cc1-c1nc(C)sc1C(O)O. The van der Waals surface area contributed by atoms with Gasteiger partial charge in [0.05, 0.1) is 22.7 Å². The lowest BCUT2D eigenvalue weighted by atomic mass is 10.1. The van der Waals surface area contributed by atoms with Crippen LogP contribution in [0.5, 0.6) is 5.75 Å². The van der Waals surface area contributed by atoms with Crippen LogP contribution in [0.25, 0.3) is 11.3 Å². The molecule has 0 bridgehead atoms. The Labute approximate surface area is 112 Å². The molecule has 0 aliphatic heterocycles. The van der Waals surface area contributed by atoms with Crippen LogP contribution in [0.15, 0.2) is 18.2 Å². The zero-order valence-corrected chi connectivity index (χ0v) is 13.3. The van der Waals surface area contributed by atoms with Gasteiger partial charge >= 0.3 is 0 Å². The van der Waals surface area contributed by atoms with Crippen LogP contribution in [0.4, 0.5) is 0 Å². The summed E-state index contributed by atoms with van der Waals surface area (Å²) in [5, 5.41) is 20.8. The standard InChI is InChI=1S/C12H15NO3SSi/c1-6-13-10(11(17-6)12(14)15)8-5-7(18)3-4-9(8)16-2/h3-5,12,14-15H,1-2,18H3. The van der Waals surface area contributed by atoms with Crippen LogP contribution >= 0.6 is 11.3 Å². The first-order valence-corrected chi connectivity index (χ1v) is 7.33. The van der Waals surface area contributed by atoms with Crippen molar-refractivity contribution in [3.05, 3.63) is 28.1 Å². The fraction of sp³-hybridized carbons (Fsp3) is 0.250. The van der Waals surface area contributed by atoms with Crippen molar-refractivity contribution < 1.29 is 14.9 Å². The van der Waals surface area contributed by atoms with Gasteiger partial charge in [-0.15, -0.1) is 11.3 Å². The number of ether oxygens (including phenoxy) is 1. The molecule has 0 aliphatic carbocycles. The van der Waals surface area contributed by atoms with Gasteiger partial charge in [-0.2, -0.15) is 0 Å². The molecule has 1 aromatic heterocycles. The molecule has 1 heterocycles. The molecule has 0 spiro atoms. The summed E-state index contributed by atoms with van der Waals surface area (Å²) in [5.74, 6) is 0.696. The summed E-state index contributed by atoms with van der Waals surface area (Å²) in [6.07, 6.45) is -1.51. The molecular weight excluding hydrogens is 266 g/mol. The lowest BCUT2D eigenvalue weighted by Gasteiger charge is -2.10. The van der Waals surface area contributed by atoms with Crippen molar-refractivity contribution in [1.82, 2.24) is 4.98 Å². The van der Waals surface area contributed by atoms with Crippen LogP contribution in [0, 0.1) is 6.92 Å². The second-order valence-electron chi connectivity index (χ2n) is 4.02. The second-order valence-corrected chi connectivity index (χ2v) is 6.41. The molecule has 0 unspecified atom stereocenters. The van der Waals surface area contributed by atoms with Crippen molar-refractivity contribution in [2.45, 2.75) is 13.2 Å². The lowest BCUT2D eigenvalue weighted by molar-refractivity contribution is -0.0392. The number of nitrogens with zero attached hydrogens (tertiary/aromatic N) is 1. The van der Waals surface area contributed by atoms with Crippen LogP contribution in [0.3, 0.4) is 0 Å². The monoisotopic (exact) mass is 281 g/mol. The highest BCUT2D eigenvalue weighted by Crippen LogP contribution is 2.36. The van der Waals surface area contributed by atoms with Gasteiger partial charge in [-0.05, 0) is 13.0 Å². The minimum absolute atomic E-state index is 0.457. The minimum Gasteiger partial charge on any atom is -0.496 e. The van der Waals surface area contributed by atoms with Crippen LogP contribution < -0.4 is 9.92 Å². The Morgan fingerprint density at radius 1 is 1.39 bits per heavy atom. The van der Waals surface area contributed by atoms with Crippen LogP contribution in [-0.2, 0) is 0 Å². The summed E-state index contributed by atoms with van der Waals surface area (Å²) >= 11 is 1.29.